The van der Waals surface area contributed by atoms with Crippen molar-refractivity contribution in [2.45, 2.75) is 41.2 Å². The van der Waals surface area contributed by atoms with E-state index in [1.807, 2.05) is 23.7 Å². The minimum Gasteiger partial charge on any atom is -0.463 e. The number of methoxy groups -OCH3 is 1. The number of nitrogens with zero attached hydrogens (tertiary/aromatic N) is 4. The molecule has 3 aromatic rings. The summed E-state index contributed by atoms with van der Waals surface area (Å²) in [6, 6.07) is 3.95. The summed E-state index contributed by atoms with van der Waals surface area (Å²) in [5.41, 5.74) is 4.05. The maximum Gasteiger partial charge on any atom is 0.376 e. The summed E-state index contributed by atoms with van der Waals surface area (Å²) >= 11 is 0. The van der Waals surface area contributed by atoms with Crippen molar-refractivity contribution in [3.8, 4) is 11.1 Å². The van der Waals surface area contributed by atoms with Crippen LogP contribution in [-0.2, 0) is 11.3 Å². The van der Waals surface area contributed by atoms with Crippen LogP contribution in [0.1, 0.15) is 54.4 Å². The van der Waals surface area contributed by atoms with Gasteiger partial charge in [0.15, 0.2) is 5.78 Å². The Balaban J connectivity index is 2.15. The fourth-order valence-corrected chi connectivity index (χ4v) is 3.19. The van der Waals surface area contributed by atoms with Gasteiger partial charge in [0.25, 0.3) is 0 Å². The van der Waals surface area contributed by atoms with Crippen LogP contribution in [0.4, 0.5) is 0 Å². The molecule has 0 amide bonds. The maximum atomic E-state index is 12.2. The van der Waals surface area contributed by atoms with Crippen molar-refractivity contribution >= 4 is 22.7 Å². The fourth-order valence-electron chi connectivity index (χ4n) is 3.19. The molecule has 0 aliphatic heterocycles. The number of Topliss-reactive ketones (excluding diaryl/α,β-unsaturated/α-hetero) is 1. The molecule has 7 nitrogen and oxygen atoms in total. The average Bonchev–Trinajstić information content (AvgIpc) is 2.98. The van der Waals surface area contributed by atoms with E-state index in [1.165, 1.54) is 14.0 Å². The van der Waals surface area contributed by atoms with Gasteiger partial charge in [-0.2, -0.15) is 5.10 Å². The Morgan fingerprint density at radius 2 is 1.75 bits per heavy atom. The molecule has 0 aliphatic rings. The zero-order valence-corrected chi connectivity index (χ0v) is 17.0. The number of carbonyl (C=O) groups is 2. The van der Waals surface area contributed by atoms with Crippen LogP contribution in [0.2, 0.25) is 0 Å². The van der Waals surface area contributed by atoms with Crippen molar-refractivity contribution in [1.82, 2.24) is 19.7 Å². The number of fused-ring (bicyclic) bond motifs is 1. The summed E-state index contributed by atoms with van der Waals surface area (Å²) in [4.78, 5) is 31.9. The Hall–Kier alpha value is -3.09. The van der Waals surface area contributed by atoms with Gasteiger partial charge in [-0.3, -0.25) is 9.48 Å². The second-order valence-electron chi connectivity index (χ2n) is 8.10. The minimum atomic E-state index is -0.583. The third-order valence-electron chi connectivity index (χ3n) is 4.35. The molecule has 0 fully saturated rings. The van der Waals surface area contributed by atoms with Gasteiger partial charge < -0.3 is 4.74 Å². The molecule has 0 aliphatic carbocycles. The summed E-state index contributed by atoms with van der Waals surface area (Å²) in [6.45, 7) is 10.6. The van der Waals surface area contributed by atoms with E-state index < -0.39 is 5.97 Å². The second-order valence-corrected chi connectivity index (χ2v) is 8.10. The van der Waals surface area contributed by atoms with Gasteiger partial charge in [0.1, 0.15) is 5.69 Å². The first kappa shape index (κ1) is 19.7. The van der Waals surface area contributed by atoms with Gasteiger partial charge in [0, 0.05) is 36.8 Å². The molecule has 3 rings (SSSR count). The molecule has 7 heteroatoms. The Morgan fingerprint density at radius 3 is 2.29 bits per heavy atom. The van der Waals surface area contributed by atoms with E-state index >= 15 is 0 Å². The smallest absolute Gasteiger partial charge is 0.376 e. The Bertz CT molecular complexity index is 1060. The number of hydrogen-bond donors (Lipinski definition) is 0. The van der Waals surface area contributed by atoms with E-state index in [0.29, 0.717) is 12.2 Å². The first-order valence-electron chi connectivity index (χ1n) is 9.03. The number of carbonyl (C=O) groups excluding carboxylic acids is 2. The molecule has 146 valence electrons. The van der Waals surface area contributed by atoms with Gasteiger partial charge in [0.05, 0.1) is 12.6 Å². The summed E-state index contributed by atoms with van der Waals surface area (Å²) in [5, 5.41) is 5.40. The molecule has 0 saturated heterocycles. The molecule has 1 aromatic carbocycles. The zero-order chi connectivity index (χ0) is 20.6. The van der Waals surface area contributed by atoms with Gasteiger partial charge in [-0.1, -0.05) is 20.8 Å². The van der Waals surface area contributed by atoms with Crippen molar-refractivity contribution < 1.29 is 14.3 Å². The predicted molar refractivity (Wildman–Crippen MR) is 106 cm³/mol. The predicted octanol–water partition coefficient (Wildman–Crippen LogP) is 3.84. The molecular formula is C21H24N4O3. The SMILES string of the molecule is COC(=O)c1ncc(-c2cc(C)c3c(c2)c(C(C)=O)nn3CC(C)(C)C)cn1. The Morgan fingerprint density at radius 1 is 1.11 bits per heavy atom. The molecule has 0 radical (unpaired) electrons. The fraction of sp³-hybridized carbons (Fsp3) is 0.381. The van der Waals surface area contributed by atoms with Crippen molar-refractivity contribution in [2.24, 2.45) is 5.41 Å². The molecule has 2 heterocycles. The average molecular weight is 380 g/mol. The van der Waals surface area contributed by atoms with Crippen LogP contribution in [-0.4, -0.2) is 38.6 Å². The van der Waals surface area contributed by atoms with Gasteiger partial charge >= 0.3 is 5.97 Å². The van der Waals surface area contributed by atoms with Gasteiger partial charge in [0.2, 0.25) is 5.82 Å². The summed E-state index contributed by atoms with van der Waals surface area (Å²) in [6.07, 6.45) is 3.15. The highest BCUT2D eigenvalue weighted by Gasteiger charge is 2.21. The lowest BCUT2D eigenvalue weighted by molar-refractivity contribution is 0.0586. The second kappa shape index (κ2) is 7.14. The van der Waals surface area contributed by atoms with E-state index in [4.69, 9.17) is 0 Å². The van der Waals surface area contributed by atoms with Crippen LogP contribution >= 0.6 is 0 Å². The molecule has 0 saturated carbocycles. The molecule has 0 atom stereocenters. The number of esters is 1. The number of hydrogen-bond acceptors (Lipinski definition) is 6. The molecule has 0 N–H and O–H groups in total. The highest BCUT2D eigenvalue weighted by molar-refractivity contribution is 6.06. The summed E-state index contributed by atoms with van der Waals surface area (Å²) < 4.78 is 6.55. The van der Waals surface area contributed by atoms with E-state index in [9.17, 15) is 9.59 Å². The standard InChI is InChI=1S/C21H24N4O3/c1-12-7-14(15-9-22-19(23-10-15)20(27)28-6)8-16-17(13(2)26)24-25(18(12)16)11-21(3,4)5/h7-10H,11H2,1-6H3. The molecule has 0 unspecified atom stereocenters. The zero-order valence-electron chi connectivity index (χ0n) is 17.0. The first-order chi connectivity index (χ1) is 13.1. The topological polar surface area (TPSA) is 87.0 Å². The summed E-state index contributed by atoms with van der Waals surface area (Å²) in [7, 11) is 1.29. The number of ketones is 1. The lowest BCUT2D eigenvalue weighted by Crippen LogP contribution is -2.17. The minimum absolute atomic E-state index is 0.00599. The number of aryl methyl sites for hydroxylation is 1. The number of rotatable bonds is 4. The van der Waals surface area contributed by atoms with E-state index in [0.717, 1.165) is 27.6 Å². The number of benzene rings is 1. The van der Waals surface area contributed by atoms with Crippen molar-refractivity contribution in [2.75, 3.05) is 7.11 Å². The normalized spacial score (nSPS) is 11.6. The third-order valence-corrected chi connectivity index (χ3v) is 4.35. The van der Waals surface area contributed by atoms with Crippen molar-refractivity contribution in [1.29, 1.82) is 0 Å². The van der Waals surface area contributed by atoms with E-state index in [2.05, 4.69) is 40.6 Å². The van der Waals surface area contributed by atoms with Crippen LogP contribution in [0.5, 0.6) is 0 Å². The van der Waals surface area contributed by atoms with E-state index in [1.54, 1.807) is 12.4 Å². The molecule has 28 heavy (non-hydrogen) atoms. The van der Waals surface area contributed by atoms with Crippen LogP contribution < -0.4 is 0 Å². The number of aromatic nitrogens is 4. The third kappa shape index (κ3) is 3.78. The highest BCUT2D eigenvalue weighted by Crippen LogP contribution is 2.31. The van der Waals surface area contributed by atoms with Gasteiger partial charge in [-0.05, 0) is 35.6 Å². The van der Waals surface area contributed by atoms with Gasteiger partial charge in [-0.25, -0.2) is 14.8 Å². The maximum absolute atomic E-state index is 12.2. The van der Waals surface area contributed by atoms with Crippen LogP contribution in [0.15, 0.2) is 24.5 Å². The largest absolute Gasteiger partial charge is 0.463 e. The van der Waals surface area contributed by atoms with Crippen LogP contribution in [0.3, 0.4) is 0 Å². The molecule has 0 spiro atoms. The molecule has 0 bridgehead atoms. The van der Waals surface area contributed by atoms with Crippen LogP contribution in [0.25, 0.3) is 22.0 Å². The van der Waals surface area contributed by atoms with Crippen LogP contribution in [0, 0.1) is 12.3 Å². The van der Waals surface area contributed by atoms with Gasteiger partial charge in [-0.15, -0.1) is 0 Å². The molecular weight excluding hydrogens is 356 g/mol. The first-order valence-corrected chi connectivity index (χ1v) is 9.03. The summed E-state index contributed by atoms with van der Waals surface area (Å²) in [5.74, 6) is -0.654. The quantitative estimate of drug-likeness (QED) is 0.505. The monoisotopic (exact) mass is 380 g/mol. The highest BCUT2D eigenvalue weighted by atomic mass is 16.5. The van der Waals surface area contributed by atoms with Crippen molar-refractivity contribution in [3.05, 3.63) is 41.6 Å². The van der Waals surface area contributed by atoms with E-state index in [-0.39, 0.29) is 17.0 Å². The van der Waals surface area contributed by atoms with Crippen molar-refractivity contribution in [3.63, 3.8) is 0 Å². The molecule has 2 aromatic heterocycles. The Labute approximate surface area is 163 Å². The lowest BCUT2D eigenvalue weighted by atomic mass is 9.96. The lowest BCUT2D eigenvalue weighted by Gasteiger charge is -2.19. The Kier molecular flexibility index (Phi) is 5.02. The number of ether oxygens (including phenoxy) is 1.